The number of hydrogen-bond donors (Lipinski definition) is 2. The zero-order valence-electron chi connectivity index (χ0n) is 17.9. The number of benzene rings is 2. The molecule has 1 heterocycles. The van der Waals surface area contributed by atoms with Crippen molar-refractivity contribution in [1.82, 2.24) is 4.98 Å². The molecule has 1 aromatic heterocycles. The molecule has 1 aliphatic carbocycles. The van der Waals surface area contributed by atoms with E-state index in [4.69, 9.17) is 9.47 Å². The number of anilines is 1. The average Bonchev–Trinajstić information content (AvgIpc) is 2.79. The quantitative estimate of drug-likeness (QED) is 0.615. The van der Waals surface area contributed by atoms with Crippen molar-refractivity contribution in [3.8, 4) is 11.5 Å². The highest BCUT2D eigenvalue weighted by molar-refractivity contribution is 6.06. The number of hydrogen-bond acceptors (Lipinski definition) is 5. The highest BCUT2D eigenvalue weighted by atomic mass is 16.5. The van der Waals surface area contributed by atoms with Crippen LogP contribution in [0.25, 0.3) is 0 Å². The maximum Gasteiger partial charge on any atom is 0.261 e. The molecule has 1 atom stereocenters. The predicted molar refractivity (Wildman–Crippen MR) is 121 cm³/mol. The molecule has 0 fully saturated rings. The Balaban J connectivity index is 1.57. The van der Waals surface area contributed by atoms with E-state index in [9.17, 15) is 14.4 Å². The van der Waals surface area contributed by atoms with Gasteiger partial charge in [-0.25, -0.2) is 0 Å². The van der Waals surface area contributed by atoms with E-state index in [0.29, 0.717) is 42.1 Å². The van der Waals surface area contributed by atoms with E-state index in [-0.39, 0.29) is 17.3 Å². The fourth-order valence-corrected chi connectivity index (χ4v) is 3.94. The van der Waals surface area contributed by atoms with Crippen LogP contribution >= 0.6 is 0 Å². The number of ether oxygens (including phenoxy) is 2. The first-order valence-electron chi connectivity index (χ1n) is 10.5. The van der Waals surface area contributed by atoms with Crippen LogP contribution in [-0.2, 0) is 6.42 Å². The van der Waals surface area contributed by atoms with Gasteiger partial charge in [-0.1, -0.05) is 18.2 Å². The standard InChI is InChI=1S/C25H24N2O5/c1-3-32-19-6-4-5-17(13-19)26-24(29)21-14-20-22(27-25(21)30)11-16(12-23(20)28)15-7-9-18(31-2)10-8-15/h4-10,13-14,16H,3,11-12H2,1-2H3,(H,26,29)(H,27,30)/t16-/m1/s1. The predicted octanol–water partition coefficient (Wildman–Crippen LogP) is 3.95. The van der Waals surface area contributed by atoms with Crippen molar-refractivity contribution in [3.05, 3.63) is 87.3 Å². The second-order valence-electron chi connectivity index (χ2n) is 7.62. The van der Waals surface area contributed by atoms with E-state index in [0.717, 1.165) is 11.3 Å². The lowest BCUT2D eigenvalue weighted by molar-refractivity contribution is 0.0963. The molecule has 7 heteroatoms. The van der Waals surface area contributed by atoms with Gasteiger partial charge in [-0.05, 0) is 55.2 Å². The highest BCUT2D eigenvalue weighted by Gasteiger charge is 2.29. The van der Waals surface area contributed by atoms with Crippen LogP contribution in [-0.4, -0.2) is 30.4 Å². The van der Waals surface area contributed by atoms with Gasteiger partial charge in [-0.3, -0.25) is 14.4 Å². The Bertz CT molecular complexity index is 1210. The van der Waals surface area contributed by atoms with E-state index >= 15 is 0 Å². The Labute approximate surface area is 185 Å². The number of nitrogens with one attached hydrogen (secondary N) is 2. The number of ketones is 1. The molecule has 1 amide bonds. The van der Waals surface area contributed by atoms with Gasteiger partial charge in [-0.2, -0.15) is 0 Å². The summed E-state index contributed by atoms with van der Waals surface area (Å²) in [6, 6.07) is 15.9. The van der Waals surface area contributed by atoms with Crippen molar-refractivity contribution in [2.75, 3.05) is 19.0 Å². The van der Waals surface area contributed by atoms with E-state index in [1.807, 2.05) is 31.2 Å². The molecule has 3 aromatic rings. The number of pyridine rings is 1. The number of carbonyl (C=O) groups excluding carboxylic acids is 2. The van der Waals surface area contributed by atoms with Gasteiger partial charge in [0.05, 0.1) is 13.7 Å². The van der Waals surface area contributed by atoms with Crippen LogP contribution in [0.4, 0.5) is 5.69 Å². The van der Waals surface area contributed by atoms with Crippen molar-refractivity contribution < 1.29 is 19.1 Å². The minimum atomic E-state index is -0.576. The first-order valence-corrected chi connectivity index (χ1v) is 10.5. The Morgan fingerprint density at radius 3 is 2.56 bits per heavy atom. The Morgan fingerprint density at radius 1 is 1.06 bits per heavy atom. The summed E-state index contributed by atoms with van der Waals surface area (Å²) in [5, 5.41) is 2.70. The molecule has 0 aliphatic heterocycles. The summed E-state index contributed by atoms with van der Waals surface area (Å²) in [5.41, 5.74) is 1.84. The zero-order chi connectivity index (χ0) is 22.7. The number of aromatic amines is 1. The van der Waals surface area contributed by atoms with Crippen LogP contribution in [0.2, 0.25) is 0 Å². The number of Topliss-reactive ketones (excluding diaryl/α,β-unsaturated/α-hetero) is 1. The minimum absolute atomic E-state index is 0.0439. The smallest absolute Gasteiger partial charge is 0.261 e. The maximum atomic E-state index is 12.9. The molecule has 0 radical (unpaired) electrons. The lowest BCUT2D eigenvalue weighted by Crippen LogP contribution is -2.29. The van der Waals surface area contributed by atoms with Gasteiger partial charge in [0, 0.05) is 29.4 Å². The van der Waals surface area contributed by atoms with Crippen LogP contribution in [0.15, 0.2) is 59.4 Å². The summed E-state index contributed by atoms with van der Waals surface area (Å²) in [5.74, 6) is 0.637. The number of carbonyl (C=O) groups is 2. The average molecular weight is 432 g/mol. The molecule has 0 unspecified atom stereocenters. The molecule has 32 heavy (non-hydrogen) atoms. The summed E-state index contributed by atoms with van der Waals surface area (Å²) in [6.45, 7) is 2.37. The maximum absolute atomic E-state index is 12.9. The van der Waals surface area contributed by atoms with Crippen LogP contribution in [0.1, 0.15) is 51.2 Å². The summed E-state index contributed by atoms with van der Waals surface area (Å²) in [6.07, 6.45) is 0.823. The minimum Gasteiger partial charge on any atom is -0.497 e. The van der Waals surface area contributed by atoms with Crippen molar-refractivity contribution in [2.24, 2.45) is 0 Å². The lowest BCUT2D eigenvalue weighted by Gasteiger charge is -2.24. The third-order valence-corrected chi connectivity index (χ3v) is 5.54. The molecule has 0 saturated heterocycles. The summed E-state index contributed by atoms with van der Waals surface area (Å²) in [4.78, 5) is 41.0. The molecule has 7 nitrogen and oxygen atoms in total. The molecule has 1 aliphatic rings. The molecule has 0 bridgehead atoms. The normalized spacial score (nSPS) is 15.1. The molecule has 164 valence electrons. The van der Waals surface area contributed by atoms with Crippen molar-refractivity contribution in [2.45, 2.75) is 25.7 Å². The Morgan fingerprint density at radius 2 is 1.84 bits per heavy atom. The monoisotopic (exact) mass is 432 g/mol. The molecule has 4 rings (SSSR count). The fraction of sp³-hybridized carbons (Fsp3) is 0.240. The van der Waals surface area contributed by atoms with Gasteiger partial charge in [0.1, 0.15) is 17.1 Å². The molecule has 2 aromatic carbocycles. The highest BCUT2D eigenvalue weighted by Crippen LogP contribution is 2.32. The fourth-order valence-electron chi connectivity index (χ4n) is 3.94. The number of aromatic nitrogens is 1. The third kappa shape index (κ3) is 4.42. The lowest BCUT2D eigenvalue weighted by atomic mass is 9.81. The SMILES string of the molecule is CCOc1cccc(NC(=O)c2cc3c([nH]c2=O)C[C@@H](c2ccc(OC)cc2)CC3=O)c1. The summed E-state index contributed by atoms with van der Waals surface area (Å²) in [7, 11) is 1.60. The Hall–Kier alpha value is -3.87. The first kappa shape index (κ1) is 21.4. The summed E-state index contributed by atoms with van der Waals surface area (Å²) < 4.78 is 10.6. The Kier molecular flexibility index (Phi) is 6.07. The van der Waals surface area contributed by atoms with Crippen molar-refractivity contribution in [3.63, 3.8) is 0 Å². The number of rotatable bonds is 6. The zero-order valence-corrected chi connectivity index (χ0v) is 17.9. The van der Waals surface area contributed by atoms with Crippen molar-refractivity contribution in [1.29, 1.82) is 0 Å². The van der Waals surface area contributed by atoms with E-state index < -0.39 is 11.5 Å². The molecule has 2 N–H and O–H groups in total. The van der Waals surface area contributed by atoms with E-state index in [2.05, 4.69) is 10.3 Å². The van der Waals surface area contributed by atoms with E-state index in [1.165, 1.54) is 6.07 Å². The molecule has 0 spiro atoms. The van der Waals surface area contributed by atoms with Crippen LogP contribution in [0.3, 0.4) is 0 Å². The number of methoxy groups -OCH3 is 1. The van der Waals surface area contributed by atoms with Crippen LogP contribution < -0.4 is 20.3 Å². The number of fused-ring (bicyclic) bond motifs is 1. The van der Waals surface area contributed by atoms with Gasteiger partial charge in [0.2, 0.25) is 0 Å². The molecular formula is C25H24N2O5. The van der Waals surface area contributed by atoms with Gasteiger partial charge in [0.25, 0.3) is 11.5 Å². The van der Waals surface area contributed by atoms with Crippen molar-refractivity contribution >= 4 is 17.4 Å². The number of amides is 1. The second kappa shape index (κ2) is 9.09. The van der Waals surface area contributed by atoms with Crippen LogP contribution in [0, 0.1) is 0 Å². The van der Waals surface area contributed by atoms with Gasteiger partial charge in [-0.15, -0.1) is 0 Å². The second-order valence-corrected chi connectivity index (χ2v) is 7.62. The first-order chi connectivity index (χ1) is 15.5. The van der Waals surface area contributed by atoms with Gasteiger partial charge < -0.3 is 19.8 Å². The molecular weight excluding hydrogens is 408 g/mol. The number of H-pyrrole nitrogens is 1. The van der Waals surface area contributed by atoms with Crippen LogP contribution in [0.5, 0.6) is 11.5 Å². The van der Waals surface area contributed by atoms with Gasteiger partial charge >= 0.3 is 0 Å². The largest absolute Gasteiger partial charge is 0.497 e. The van der Waals surface area contributed by atoms with Gasteiger partial charge in [0.15, 0.2) is 5.78 Å². The molecule has 0 saturated carbocycles. The third-order valence-electron chi connectivity index (χ3n) is 5.54. The van der Waals surface area contributed by atoms with E-state index in [1.54, 1.807) is 31.4 Å². The summed E-state index contributed by atoms with van der Waals surface area (Å²) >= 11 is 0. The topological polar surface area (TPSA) is 97.5 Å².